The van der Waals surface area contributed by atoms with Gasteiger partial charge in [-0.3, -0.25) is 0 Å². The lowest BCUT2D eigenvalue weighted by Crippen LogP contribution is -2.31. The maximum atomic E-state index is 3.70. The molecule has 1 nitrogen and oxygen atoms in total. The molecule has 16 heavy (non-hydrogen) atoms. The van der Waals surface area contributed by atoms with Crippen LogP contribution in [0.4, 0.5) is 0 Å². The molecule has 0 spiro atoms. The second-order valence-electron chi connectivity index (χ2n) is 6.02. The molecule has 0 heterocycles. The fraction of sp³-hybridized carbons (Fsp3) is 0.600. The molecule has 1 saturated carbocycles. The van der Waals surface area contributed by atoms with Gasteiger partial charge < -0.3 is 5.32 Å². The van der Waals surface area contributed by atoms with E-state index in [9.17, 15) is 0 Å². The van der Waals surface area contributed by atoms with E-state index in [0.29, 0.717) is 11.5 Å². The summed E-state index contributed by atoms with van der Waals surface area (Å²) in [5, 5.41) is 3.70. The lowest BCUT2D eigenvalue weighted by Gasteiger charge is -2.18. The third-order valence-corrected chi connectivity index (χ3v) is 3.75. The van der Waals surface area contributed by atoms with Gasteiger partial charge in [0.15, 0.2) is 0 Å². The molecule has 1 aliphatic rings. The first-order chi connectivity index (χ1) is 7.57. The van der Waals surface area contributed by atoms with Gasteiger partial charge in [0, 0.05) is 12.6 Å². The average molecular weight is 217 g/mol. The summed E-state index contributed by atoms with van der Waals surface area (Å²) in [4.78, 5) is 0. The van der Waals surface area contributed by atoms with Gasteiger partial charge in [-0.05, 0) is 29.7 Å². The van der Waals surface area contributed by atoms with E-state index in [1.165, 1.54) is 18.4 Å². The lowest BCUT2D eigenvalue weighted by molar-refractivity contribution is 0.362. The van der Waals surface area contributed by atoms with Crippen LogP contribution in [-0.4, -0.2) is 6.04 Å². The van der Waals surface area contributed by atoms with Crippen molar-refractivity contribution in [3.8, 4) is 0 Å². The number of hydrogen-bond acceptors (Lipinski definition) is 1. The van der Waals surface area contributed by atoms with Crippen molar-refractivity contribution in [3.63, 3.8) is 0 Å². The standard InChI is InChI=1S/C15H23N/c1-12-9-15(2,3)10-14(12)16-11-13-7-5-4-6-8-13/h4-8,12,14,16H,9-11H2,1-3H3. The van der Waals surface area contributed by atoms with E-state index in [-0.39, 0.29) is 0 Å². The summed E-state index contributed by atoms with van der Waals surface area (Å²) in [5.41, 5.74) is 1.91. The first kappa shape index (κ1) is 11.7. The Morgan fingerprint density at radius 3 is 2.44 bits per heavy atom. The normalized spacial score (nSPS) is 28.2. The van der Waals surface area contributed by atoms with Crippen molar-refractivity contribution >= 4 is 0 Å². The molecule has 0 bridgehead atoms. The fourth-order valence-electron chi connectivity index (χ4n) is 3.01. The van der Waals surface area contributed by atoms with Crippen molar-refractivity contribution in [2.45, 2.75) is 46.2 Å². The highest BCUT2D eigenvalue weighted by Gasteiger charge is 2.36. The molecule has 2 atom stereocenters. The van der Waals surface area contributed by atoms with E-state index >= 15 is 0 Å². The summed E-state index contributed by atoms with van der Waals surface area (Å²) in [7, 11) is 0. The average Bonchev–Trinajstić information content (AvgIpc) is 2.50. The Morgan fingerprint density at radius 1 is 1.19 bits per heavy atom. The summed E-state index contributed by atoms with van der Waals surface area (Å²) >= 11 is 0. The highest BCUT2D eigenvalue weighted by atomic mass is 14.9. The van der Waals surface area contributed by atoms with Gasteiger partial charge in [0.2, 0.25) is 0 Å². The molecule has 1 aromatic rings. The smallest absolute Gasteiger partial charge is 0.0208 e. The van der Waals surface area contributed by atoms with Gasteiger partial charge >= 0.3 is 0 Å². The zero-order valence-electron chi connectivity index (χ0n) is 10.7. The Labute approximate surface area is 99.3 Å². The second kappa shape index (κ2) is 4.58. The zero-order chi connectivity index (χ0) is 11.6. The number of nitrogens with one attached hydrogen (secondary N) is 1. The van der Waals surface area contributed by atoms with Crippen molar-refractivity contribution in [3.05, 3.63) is 35.9 Å². The maximum Gasteiger partial charge on any atom is 0.0208 e. The zero-order valence-corrected chi connectivity index (χ0v) is 10.7. The summed E-state index contributed by atoms with van der Waals surface area (Å²) in [6.07, 6.45) is 2.65. The van der Waals surface area contributed by atoms with Crippen LogP contribution in [0, 0.1) is 11.3 Å². The van der Waals surface area contributed by atoms with Crippen LogP contribution >= 0.6 is 0 Å². The van der Waals surface area contributed by atoms with Gasteiger partial charge in [-0.15, -0.1) is 0 Å². The predicted octanol–water partition coefficient (Wildman–Crippen LogP) is 3.60. The van der Waals surface area contributed by atoms with E-state index < -0.39 is 0 Å². The molecule has 2 rings (SSSR count). The van der Waals surface area contributed by atoms with Crippen LogP contribution in [0.2, 0.25) is 0 Å². The Bertz CT molecular complexity index is 329. The fourth-order valence-corrected chi connectivity index (χ4v) is 3.01. The van der Waals surface area contributed by atoms with Crippen LogP contribution in [-0.2, 0) is 6.54 Å². The van der Waals surface area contributed by atoms with Gasteiger partial charge in [-0.25, -0.2) is 0 Å². The Balaban J connectivity index is 1.87. The molecule has 2 unspecified atom stereocenters. The van der Waals surface area contributed by atoms with Crippen LogP contribution in [0.15, 0.2) is 30.3 Å². The maximum absolute atomic E-state index is 3.70. The van der Waals surface area contributed by atoms with E-state index in [1.54, 1.807) is 0 Å². The SMILES string of the molecule is CC1CC(C)(C)CC1NCc1ccccc1. The minimum absolute atomic E-state index is 0.522. The second-order valence-corrected chi connectivity index (χ2v) is 6.02. The van der Waals surface area contributed by atoms with Crippen molar-refractivity contribution in [1.82, 2.24) is 5.32 Å². The van der Waals surface area contributed by atoms with Gasteiger partial charge in [-0.1, -0.05) is 51.1 Å². The minimum atomic E-state index is 0.522. The number of rotatable bonds is 3. The minimum Gasteiger partial charge on any atom is -0.310 e. The quantitative estimate of drug-likeness (QED) is 0.815. The molecule has 1 N–H and O–H groups in total. The van der Waals surface area contributed by atoms with Crippen LogP contribution < -0.4 is 5.32 Å². The molecular weight excluding hydrogens is 194 g/mol. The molecule has 0 amide bonds. The molecule has 0 aliphatic heterocycles. The highest BCUT2D eigenvalue weighted by molar-refractivity contribution is 5.14. The Hall–Kier alpha value is -0.820. The van der Waals surface area contributed by atoms with E-state index in [4.69, 9.17) is 0 Å². The molecule has 1 fully saturated rings. The largest absolute Gasteiger partial charge is 0.310 e. The third kappa shape index (κ3) is 2.85. The molecule has 88 valence electrons. The van der Waals surface area contributed by atoms with E-state index in [2.05, 4.69) is 56.4 Å². The number of benzene rings is 1. The third-order valence-electron chi connectivity index (χ3n) is 3.75. The van der Waals surface area contributed by atoms with Crippen molar-refractivity contribution in [1.29, 1.82) is 0 Å². The molecule has 1 aliphatic carbocycles. The molecule has 0 radical (unpaired) electrons. The van der Waals surface area contributed by atoms with Crippen molar-refractivity contribution in [2.24, 2.45) is 11.3 Å². The molecular formula is C15H23N. The van der Waals surface area contributed by atoms with Gasteiger partial charge in [0.05, 0.1) is 0 Å². The molecule has 0 aromatic heterocycles. The summed E-state index contributed by atoms with van der Waals surface area (Å²) in [5.74, 6) is 0.804. The van der Waals surface area contributed by atoms with Crippen LogP contribution in [0.3, 0.4) is 0 Å². The van der Waals surface area contributed by atoms with E-state index in [1.807, 2.05) is 0 Å². The number of hydrogen-bond donors (Lipinski definition) is 1. The monoisotopic (exact) mass is 217 g/mol. The first-order valence-corrected chi connectivity index (χ1v) is 6.34. The highest BCUT2D eigenvalue weighted by Crippen LogP contribution is 2.40. The topological polar surface area (TPSA) is 12.0 Å². The van der Waals surface area contributed by atoms with Crippen molar-refractivity contribution < 1.29 is 0 Å². The Kier molecular flexibility index (Phi) is 3.34. The summed E-state index contributed by atoms with van der Waals surface area (Å²) < 4.78 is 0. The first-order valence-electron chi connectivity index (χ1n) is 6.34. The Morgan fingerprint density at radius 2 is 1.88 bits per heavy atom. The molecule has 0 saturated heterocycles. The molecule has 1 heteroatoms. The predicted molar refractivity (Wildman–Crippen MR) is 69.2 cm³/mol. The van der Waals surface area contributed by atoms with Gasteiger partial charge in [0.25, 0.3) is 0 Å². The van der Waals surface area contributed by atoms with Crippen LogP contribution in [0.25, 0.3) is 0 Å². The molecule has 1 aromatic carbocycles. The van der Waals surface area contributed by atoms with Crippen LogP contribution in [0.1, 0.15) is 39.2 Å². The van der Waals surface area contributed by atoms with Gasteiger partial charge in [-0.2, -0.15) is 0 Å². The van der Waals surface area contributed by atoms with Crippen molar-refractivity contribution in [2.75, 3.05) is 0 Å². The summed E-state index contributed by atoms with van der Waals surface area (Å²) in [6.45, 7) is 8.14. The van der Waals surface area contributed by atoms with Crippen LogP contribution in [0.5, 0.6) is 0 Å². The van der Waals surface area contributed by atoms with E-state index in [0.717, 1.165) is 12.5 Å². The lowest BCUT2D eigenvalue weighted by atomic mass is 9.91. The summed E-state index contributed by atoms with van der Waals surface area (Å²) in [6, 6.07) is 11.4. The van der Waals surface area contributed by atoms with Gasteiger partial charge in [0.1, 0.15) is 0 Å².